The van der Waals surface area contributed by atoms with E-state index in [4.69, 9.17) is 60.4 Å². The maximum atomic E-state index is 14.8. The van der Waals surface area contributed by atoms with Gasteiger partial charge in [0.05, 0.1) is 54.7 Å². The highest BCUT2D eigenvalue weighted by molar-refractivity contribution is 6.39. The number of aromatic nitrogens is 12. The van der Waals surface area contributed by atoms with Gasteiger partial charge in [0.15, 0.2) is 17.0 Å². The number of fused-ring (bicyclic) bond motifs is 5. The summed E-state index contributed by atoms with van der Waals surface area (Å²) >= 11 is 0. The van der Waals surface area contributed by atoms with E-state index < -0.39 is 95.4 Å². The first kappa shape index (κ1) is 89.5. The minimum Gasteiger partial charge on any atom is -0.459 e. The number of nitrogens with one attached hydrogen (secondary N) is 2. The van der Waals surface area contributed by atoms with E-state index in [1.165, 1.54) is 31.7 Å². The number of nitrogen functional groups attached to an aromatic ring is 2. The first-order chi connectivity index (χ1) is 58.2. The molecule has 15 atom stereocenters. The van der Waals surface area contributed by atoms with E-state index in [2.05, 4.69) is 50.8 Å². The fraction of sp³-hybridized carbons (Fsp3) is 0.565. The SMILES string of the molecule is CO[C@H]1C[C@@H]2CC[C@@H](C)[C@@](O)(O2)C(=O)C(=O)N2CCCC[C@H]2C(=O)OC([C@H](N)C[C@@H]2CC[C@H](n3cc(-c4cnc(N5CCN(c6ncc(C(=O)NCCOCCC(=O)NCCCCn7nc(-c8ccc9oc(N)nc9c8)c8c(N)ncnc87)cn6)CC5)nc4)nn3)[C@H](OC)C2)CC(=O)[C@H](C)/C=C(\C)[C@@H](O)[C@@H](O)C(=O)[C@H](C)C[C@H](C)/C=C/C=C/C=C/1C. The number of piperidine rings is 1. The topological polar surface area (TPSA) is 490 Å². The number of nitrogens with zero attached hydrogens (tertiary/aromatic N) is 15. The van der Waals surface area contributed by atoms with Crippen LogP contribution in [0.1, 0.15) is 154 Å². The van der Waals surface area contributed by atoms with Crippen molar-refractivity contribution in [2.24, 2.45) is 35.3 Å². The molecule has 6 aromatic heterocycles. The summed E-state index contributed by atoms with van der Waals surface area (Å²) < 4.78 is 39.2. The van der Waals surface area contributed by atoms with E-state index in [1.54, 1.807) is 62.8 Å². The molecule has 0 spiro atoms. The zero-order valence-electron chi connectivity index (χ0n) is 70.0. The van der Waals surface area contributed by atoms with Crippen LogP contribution in [0.4, 0.5) is 23.7 Å². The Labute approximate surface area is 701 Å². The maximum Gasteiger partial charge on any atom is 0.329 e. The minimum absolute atomic E-state index is 0.00624. The number of allylic oxidation sites excluding steroid dienone is 6. The number of esters is 1. The van der Waals surface area contributed by atoms with Crippen LogP contribution in [-0.2, 0) is 59.0 Å². The standard InChI is InChI=1S/C85H114N20O16/c1-49-16-10-9-11-17-50(2)67(116-7)41-59-22-19-54(6)85(115,121-59)76(111)80(113)103-28-14-12-18-64(103)81(114)119-68(42-65(106)51(3)37-53(5)74(109)75(110)73(108)52(4)36-49)60(86)38-55-20-23-63(69(39-55)117-8)105-47-62(98-100-105)57-43-91-83(92-44-57)101-30-32-102(33-31-101)84-93-45-58(46-94-84)79(112)90-27-35-118-34-25-70(107)89-26-13-15-29-104-78-71(77(87)95-48-96-78)72(99-104)56-21-24-66-61(40-56)97-82(88)120-66/h9-11,16-17,21,24,37,40,43-49,51-52,54-55,59-60,63-64,67-69,74-75,109-110,115H,12-15,18-20,22-23,25-36,38-39,41-42,86H2,1-8H3,(H2,88,97)(H,89,107)(H,90,112)(H2,87,95,96)/b11-9+,16-10+,50-17+,53-37+/t49-,51-,52-,54-,55+,59+,60-,63+,64+,67+,68?,69-,74-,75+,85-/m1/s1. The summed E-state index contributed by atoms with van der Waals surface area (Å²) in [5.74, 6) is -8.37. The predicted molar refractivity (Wildman–Crippen MR) is 447 cm³/mol. The summed E-state index contributed by atoms with van der Waals surface area (Å²) in [6.45, 7) is 14.1. The number of unbranched alkanes of at least 4 members (excludes halogenated alkanes) is 1. The molecule has 10 heterocycles. The molecular formula is C85H114N20O16. The first-order valence-corrected chi connectivity index (χ1v) is 41.9. The Morgan fingerprint density at radius 2 is 1.52 bits per heavy atom. The van der Waals surface area contributed by atoms with Crippen LogP contribution >= 0.6 is 0 Å². The molecule has 11 N–H and O–H groups in total. The van der Waals surface area contributed by atoms with Gasteiger partial charge in [-0.15, -0.1) is 5.10 Å². The predicted octanol–water partition coefficient (Wildman–Crippen LogP) is 6.11. The molecule has 1 saturated carbocycles. The number of hydrogen-bond donors (Lipinski definition) is 8. The lowest BCUT2D eigenvalue weighted by atomic mass is 9.79. The van der Waals surface area contributed by atoms with Crippen molar-refractivity contribution in [3.63, 3.8) is 0 Å². The molecule has 1 aliphatic carbocycles. The van der Waals surface area contributed by atoms with Crippen LogP contribution in [0, 0.1) is 29.6 Å². The molecule has 4 fully saturated rings. The van der Waals surface area contributed by atoms with Gasteiger partial charge in [0.1, 0.15) is 59.2 Å². The highest BCUT2D eigenvalue weighted by Gasteiger charge is 2.53. The molecule has 36 nitrogen and oxygen atoms in total. The normalized spacial score (nSPS) is 27.9. The van der Waals surface area contributed by atoms with Gasteiger partial charge in [-0.25, -0.2) is 44.1 Å². The van der Waals surface area contributed by atoms with Gasteiger partial charge < -0.3 is 86.0 Å². The van der Waals surface area contributed by atoms with Gasteiger partial charge >= 0.3 is 5.97 Å². The second kappa shape index (κ2) is 41.2. The number of Topliss-reactive ketones (excluding diaryl/α,β-unsaturated/α-hetero) is 3. The molecule has 650 valence electrons. The number of aliphatic hydroxyl groups excluding tert-OH is 2. The average Bonchev–Trinajstić information content (AvgIpc) is 1.55. The summed E-state index contributed by atoms with van der Waals surface area (Å²) in [5, 5.41) is 55.0. The Morgan fingerprint density at radius 3 is 2.26 bits per heavy atom. The summed E-state index contributed by atoms with van der Waals surface area (Å²) in [7, 11) is 3.17. The average molecular weight is 1670 g/mol. The Hall–Kier alpha value is -10.7. The number of carbonyl (C=O) groups excluding carboxylic acids is 7. The van der Waals surface area contributed by atoms with Gasteiger partial charge in [-0.2, -0.15) is 10.1 Å². The molecule has 3 amide bonds. The lowest BCUT2D eigenvalue weighted by Crippen LogP contribution is -2.61. The highest BCUT2D eigenvalue weighted by Crippen LogP contribution is 2.40. The molecule has 12 rings (SSSR count). The number of carbonyl (C=O) groups is 7. The fourth-order valence-corrected chi connectivity index (χ4v) is 16.7. The summed E-state index contributed by atoms with van der Waals surface area (Å²) in [6, 6.07) is 3.06. The molecule has 4 aliphatic heterocycles. The Morgan fingerprint density at radius 1 is 0.777 bits per heavy atom. The zero-order chi connectivity index (χ0) is 86.2. The van der Waals surface area contributed by atoms with Crippen molar-refractivity contribution in [2.45, 2.75) is 205 Å². The van der Waals surface area contributed by atoms with Gasteiger partial charge in [0.2, 0.25) is 23.6 Å². The number of benzene rings is 1. The lowest BCUT2D eigenvalue weighted by molar-refractivity contribution is -0.265. The van der Waals surface area contributed by atoms with Crippen molar-refractivity contribution in [2.75, 3.05) is 94.5 Å². The zero-order valence-corrected chi connectivity index (χ0v) is 70.0. The molecule has 2 bridgehead atoms. The largest absolute Gasteiger partial charge is 0.459 e. The van der Waals surface area contributed by atoms with E-state index in [0.29, 0.717) is 160 Å². The lowest BCUT2D eigenvalue weighted by Gasteiger charge is -2.42. The van der Waals surface area contributed by atoms with Crippen LogP contribution in [0.2, 0.25) is 0 Å². The summed E-state index contributed by atoms with van der Waals surface area (Å²) in [6.07, 6.45) is 20.0. The van der Waals surface area contributed by atoms with Crippen molar-refractivity contribution in [3.05, 3.63) is 109 Å². The van der Waals surface area contributed by atoms with Crippen LogP contribution in [0.25, 0.3) is 44.6 Å². The number of ether oxygens (including phenoxy) is 5. The van der Waals surface area contributed by atoms with Gasteiger partial charge in [-0.1, -0.05) is 69.4 Å². The van der Waals surface area contributed by atoms with Crippen molar-refractivity contribution < 1.29 is 77.0 Å². The number of oxazole rings is 1. The molecule has 7 aromatic rings. The number of anilines is 4. The number of methoxy groups -OCH3 is 2. The number of nitrogens with two attached hydrogens (primary N) is 3. The van der Waals surface area contributed by atoms with Crippen LogP contribution in [-0.4, -0.2) is 249 Å². The number of hydrogen-bond acceptors (Lipinski definition) is 31. The Kier molecular flexibility index (Phi) is 30.5. The number of ketones is 3. The van der Waals surface area contributed by atoms with Gasteiger partial charge in [0.25, 0.3) is 23.6 Å². The van der Waals surface area contributed by atoms with E-state index >= 15 is 0 Å². The number of rotatable bonds is 22. The molecule has 121 heavy (non-hydrogen) atoms. The molecular weight excluding hydrogens is 1560 g/mol. The van der Waals surface area contributed by atoms with Crippen LogP contribution in [0.15, 0.2) is 108 Å². The van der Waals surface area contributed by atoms with E-state index in [-0.39, 0.29) is 111 Å². The van der Waals surface area contributed by atoms with E-state index in [0.717, 1.165) is 16.0 Å². The third-order valence-electron chi connectivity index (χ3n) is 23.9. The summed E-state index contributed by atoms with van der Waals surface area (Å²) in [4.78, 5) is 134. The molecule has 3 saturated heterocycles. The van der Waals surface area contributed by atoms with Crippen LogP contribution in [0.5, 0.6) is 0 Å². The van der Waals surface area contributed by atoms with Gasteiger partial charge in [-0.3, -0.25) is 28.8 Å². The third kappa shape index (κ3) is 22.1. The van der Waals surface area contributed by atoms with Gasteiger partial charge in [-0.05, 0) is 132 Å². The maximum absolute atomic E-state index is 14.8. The Balaban J connectivity index is 0.598. The molecule has 1 unspecified atom stereocenters. The highest BCUT2D eigenvalue weighted by atomic mass is 16.6. The Bertz CT molecular complexity index is 4890. The van der Waals surface area contributed by atoms with Crippen molar-refractivity contribution in [1.82, 2.24) is 75.2 Å². The molecule has 5 aliphatic rings. The van der Waals surface area contributed by atoms with E-state index in [1.807, 2.05) is 67.5 Å². The van der Waals surface area contributed by atoms with Gasteiger partial charge in [0, 0.05) is 146 Å². The number of cyclic esters (lactones) is 1. The van der Waals surface area contributed by atoms with Crippen LogP contribution in [0.3, 0.4) is 0 Å². The van der Waals surface area contributed by atoms with E-state index in [9.17, 15) is 48.9 Å². The number of amides is 3. The molecule has 0 radical (unpaired) electrons. The monoisotopic (exact) mass is 1670 g/mol. The number of aliphatic hydroxyl groups is 3. The molecule has 1 aromatic carbocycles. The third-order valence-corrected chi connectivity index (χ3v) is 23.9. The first-order valence-electron chi connectivity index (χ1n) is 41.9. The fourth-order valence-electron chi connectivity index (χ4n) is 16.7. The molecule has 36 heteroatoms. The van der Waals surface area contributed by atoms with Crippen molar-refractivity contribution in [3.8, 4) is 22.5 Å². The summed E-state index contributed by atoms with van der Waals surface area (Å²) in [5.41, 5.74) is 24.8. The van der Waals surface area contributed by atoms with Crippen LogP contribution < -0.4 is 37.6 Å². The van der Waals surface area contributed by atoms with Crippen molar-refractivity contribution >= 4 is 86.9 Å². The number of piperazine rings is 1. The number of aryl methyl sites for hydroxylation is 1. The van der Waals surface area contributed by atoms with Crippen molar-refractivity contribution in [1.29, 1.82) is 0 Å². The second-order valence-corrected chi connectivity index (χ2v) is 32.6. The smallest absolute Gasteiger partial charge is 0.329 e. The minimum atomic E-state index is -2.51. The quantitative estimate of drug-likeness (QED) is 0.0164. The second-order valence-electron chi connectivity index (χ2n) is 32.6.